The van der Waals surface area contributed by atoms with E-state index in [9.17, 15) is 18.0 Å². The molecule has 1 fully saturated rings. The number of ether oxygens (including phenoxy) is 1. The third kappa shape index (κ3) is 5.10. The van der Waals surface area contributed by atoms with Crippen LogP contribution in [0.4, 0.5) is 18.9 Å². The standard InChI is InChI=1S/C18H20F3N5O2/c1-13(14-2-4-15(5-3-14)25-8-10-28-11-9-25)22-23-17(27)12-26-7-6-16(24-26)18(19,20)21/h2-7H,8-12H2,1H3,(H,23,27)/b22-13-. The number of hydrazone groups is 1. The molecule has 1 aliphatic heterocycles. The zero-order chi connectivity index (χ0) is 20.1. The summed E-state index contributed by atoms with van der Waals surface area (Å²) in [4.78, 5) is 14.1. The summed E-state index contributed by atoms with van der Waals surface area (Å²) in [6, 6.07) is 8.57. The molecule has 1 N–H and O–H groups in total. The van der Waals surface area contributed by atoms with Crippen LogP contribution in [0.15, 0.2) is 41.6 Å². The van der Waals surface area contributed by atoms with Crippen LogP contribution in [-0.2, 0) is 22.3 Å². The molecule has 0 spiro atoms. The molecule has 150 valence electrons. The summed E-state index contributed by atoms with van der Waals surface area (Å²) >= 11 is 0. The second kappa shape index (κ2) is 8.42. The molecule has 0 radical (unpaired) electrons. The lowest BCUT2D eigenvalue weighted by Crippen LogP contribution is -2.36. The number of benzene rings is 1. The van der Waals surface area contributed by atoms with E-state index in [4.69, 9.17) is 4.74 Å². The van der Waals surface area contributed by atoms with E-state index in [0.717, 1.165) is 41.3 Å². The van der Waals surface area contributed by atoms with Crippen LogP contribution < -0.4 is 10.3 Å². The molecule has 0 saturated carbocycles. The molecule has 0 aliphatic carbocycles. The molecule has 1 aliphatic rings. The molecule has 0 bridgehead atoms. The highest BCUT2D eigenvalue weighted by molar-refractivity contribution is 5.99. The van der Waals surface area contributed by atoms with E-state index < -0.39 is 17.8 Å². The lowest BCUT2D eigenvalue weighted by atomic mass is 10.1. The molecular formula is C18H20F3N5O2. The lowest BCUT2D eigenvalue weighted by Gasteiger charge is -2.28. The minimum Gasteiger partial charge on any atom is -0.378 e. The molecule has 1 aromatic heterocycles. The Bertz CT molecular complexity index is 840. The van der Waals surface area contributed by atoms with Crippen LogP contribution in [0.1, 0.15) is 18.2 Å². The molecule has 7 nitrogen and oxygen atoms in total. The SMILES string of the molecule is C/C(=N/NC(=O)Cn1ccc(C(F)(F)F)n1)c1ccc(N2CCOCC2)cc1. The van der Waals surface area contributed by atoms with Crippen molar-refractivity contribution in [3.05, 3.63) is 47.8 Å². The lowest BCUT2D eigenvalue weighted by molar-refractivity contribution is -0.141. The van der Waals surface area contributed by atoms with Gasteiger partial charge in [-0.3, -0.25) is 9.48 Å². The summed E-state index contributed by atoms with van der Waals surface area (Å²) in [6.45, 7) is 4.46. The van der Waals surface area contributed by atoms with Crippen LogP contribution in [0.2, 0.25) is 0 Å². The minimum absolute atomic E-state index is 0.358. The van der Waals surface area contributed by atoms with Gasteiger partial charge < -0.3 is 9.64 Å². The van der Waals surface area contributed by atoms with E-state index >= 15 is 0 Å². The van der Waals surface area contributed by atoms with E-state index in [0.29, 0.717) is 18.9 Å². The van der Waals surface area contributed by atoms with E-state index in [1.165, 1.54) is 0 Å². The van der Waals surface area contributed by atoms with E-state index in [-0.39, 0.29) is 6.54 Å². The topological polar surface area (TPSA) is 71.8 Å². The molecule has 28 heavy (non-hydrogen) atoms. The number of hydrogen-bond donors (Lipinski definition) is 1. The van der Waals surface area contributed by atoms with E-state index in [1.54, 1.807) is 6.92 Å². The normalized spacial score (nSPS) is 15.6. The average molecular weight is 395 g/mol. The van der Waals surface area contributed by atoms with Crippen molar-refractivity contribution in [3.63, 3.8) is 0 Å². The van der Waals surface area contributed by atoms with Gasteiger partial charge in [0.15, 0.2) is 5.69 Å². The smallest absolute Gasteiger partial charge is 0.378 e. The Labute approximate surface area is 159 Å². The zero-order valence-electron chi connectivity index (χ0n) is 15.2. The number of carbonyl (C=O) groups excluding carboxylic acids is 1. The summed E-state index contributed by atoms with van der Waals surface area (Å²) in [5.74, 6) is -0.568. The Morgan fingerprint density at radius 2 is 1.89 bits per heavy atom. The van der Waals surface area contributed by atoms with Crippen molar-refractivity contribution >= 4 is 17.3 Å². The Morgan fingerprint density at radius 3 is 2.50 bits per heavy atom. The maximum Gasteiger partial charge on any atom is 0.435 e. The van der Waals surface area contributed by atoms with Gasteiger partial charge in [-0.25, -0.2) is 5.43 Å². The van der Waals surface area contributed by atoms with Gasteiger partial charge in [0.2, 0.25) is 0 Å². The van der Waals surface area contributed by atoms with Gasteiger partial charge in [-0.1, -0.05) is 12.1 Å². The summed E-state index contributed by atoms with van der Waals surface area (Å²) in [6.07, 6.45) is -3.44. The first-order valence-electron chi connectivity index (χ1n) is 8.70. The number of morpholine rings is 1. The Morgan fingerprint density at radius 1 is 1.21 bits per heavy atom. The number of nitrogens with zero attached hydrogens (tertiary/aromatic N) is 4. The van der Waals surface area contributed by atoms with Gasteiger partial charge in [-0.15, -0.1) is 0 Å². The van der Waals surface area contributed by atoms with Crippen molar-refractivity contribution in [1.82, 2.24) is 15.2 Å². The van der Waals surface area contributed by atoms with Crippen LogP contribution in [0.3, 0.4) is 0 Å². The number of carbonyl (C=O) groups is 1. The van der Waals surface area contributed by atoms with Gasteiger partial charge in [0.05, 0.1) is 18.9 Å². The fourth-order valence-electron chi connectivity index (χ4n) is 2.73. The summed E-state index contributed by atoms with van der Waals surface area (Å²) in [5.41, 5.74) is 3.79. The fourth-order valence-corrected chi connectivity index (χ4v) is 2.73. The van der Waals surface area contributed by atoms with Gasteiger partial charge in [0.1, 0.15) is 6.54 Å². The average Bonchev–Trinajstić information content (AvgIpc) is 3.16. The van der Waals surface area contributed by atoms with Gasteiger partial charge in [-0.05, 0) is 30.7 Å². The van der Waals surface area contributed by atoms with Crippen LogP contribution >= 0.6 is 0 Å². The monoisotopic (exact) mass is 395 g/mol. The Kier molecular flexibility index (Phi) is 5.98. The van der Waals surface area contributed by atoms with Gasteiger partial charge >= 0.3 is 6.18 Å². The minimum atomic E-state index is -4.54. The third-order valence-corrected chi connectivity index (χ3v) is 4.25. The fraction of sp³-hybridized carbons (Fsp3) is 0.389. The van der Waals surface area contributed by atoms with E-state index in [1.807, 2.05) is 24.3 Å². The number of nitrogens with one attached hydrogen (secondary N) is 1. The van der Waals surface area contributed by atoms with Gasteiger partial charge in [-0.2, -0.15) is 23.4 Å². The molecule has 1 saturated heterocycles. The Balaban J connectivity index is 1.56. The number of alkyl halides is 3. The second-order valence-corrected chi connectivity index (χ2v) is 6.27. The molecule has 1 amide bonds. The van der Waals surface area contributed by atoms with E-state index in [2.05, 4.69) is 20.5 Å². The first-order valence-corrected chi connectivity index (χ1v) is 8.70. The predicted octanol–water partition coefficient (Wildman–Crippen LogP) is 2.28. The molecule has 1 aromatic carbocycles. The molecule has 2 aromatic rings. The third-order valence-electron chi connectivity index (χ3n) is 4.25. The van der Waals surface area contributed by atoms with Crippen molar-refractivity contribution in [1.29, 1.82) is 0 Å². The largest absolute Gasteiger partial charge is 0.435 e. The van der Waals surface area contributed by atoms with Crippen molar-refractivity contribution < 1.29 is 22.7 Å². The summed E-state index contributed by atoms with van der Waals surface area (Å²) in [7, 11) is 0. The first-order chi connectivity index (χ1) is 13.3. The quantitative estimate of drug-likeness (QED) is 0.623. The summed E-state index contributed by atoms with van der Waals surface area (Å²) in [5, 5.41) is 7.34. The molecule has 0 atom stereocenters. The number of rotatable bonds is 5. The van der Waals surface area contributed by atoms with Crippen LogP contribution in [-0.4, -0.2) is 47.7 Å². The van der Waals surface area contributed by atoms with Crippen LogP contribution in [0.25, 0.3) is 0 Å². The zero-order valence-corrected chi connectivity index (χ0v) is 15.2. The van der Waals surface area contributed by atoms with Gasteiger partial charge in [0, 0.05) is 25.0 Å². The van der Waals surface area contributed by atoms with Gasteiger partial charge in [0.25, 0.3) is 5.91 Å². The molecular weight excluding hydrogens is 375 g/mol. The highest BCUT2D eigenvalue weighted by Crippen LogP contribution is 2.27. The highest BCUT2D eigenvalue weighted by atomic mass is 19.4. The predicted molar refractivity (Wildman–Crippen MR) is 97.1 cm³/mol. The Hall–Kier alpha value is -2.88. The maximum absolute atomic E-state index is 12.5. The van der Waals surface area contributed by atoms with Crippen LogP contribution in [0, 0.1) is 0 Å². The molecule has 10 heteroatoms. The highest BCUT2D eigenvalue weighted by Gasteiger charge is 2.33. The van der Waals surface area contributed by atoms with Crippen molar-refractivity contribution in [2.45, 2.75) is 19.6 Å². The number of amides is 1. The maximum atomic E-state index is 12.5. The number of anilines is 1. The first kappa shape index (κ1) is 19.9. The number of hydrogen-bond acceptors (Lipinski definition) is 5. The number of halogens is 3. The van der Waals surface area contributed by atoms with Crippen molar-refractivity contribution in [2.75, 3.05) is 31.2 Å². The molecule has 3 rings (SSSR count). The number of aromatic nitrogens is 2. The molecule has 0 unspecified atom stereocenters. The van der Waals surface area contributed by atoms with Crippen molar-refractivity contribution in [2.24, 2.45) is 5.10 Å². The summed E-state index contributed by atoms with van der Waals surface area (Å²) < 4.78 is 43.8. The molecule has 2 heterocycles. The van der Waals surface area contributed by atoms with Crippen LogP contribution in [0.5, 0.6) is 0 Å². The van der Waals surface area contributed by atoms with Crippen molar-refractivity contribution in [3.8, 4) is 0 Å². The second-order valence-electron chi connectivity index (χ2n) is 6.27.